The molecule has 2 aliphatic rings. The smallest absolute Gasteiger partial charge is 0.225 e. The number of hydrogen-bond donors (Lipinski definition) is 0. The summed E-state index contributed by atoms with van der Waals surface area (Å²) >= 11 is 0. The highest BCUT2D eigenvalue weighted by atomic mass is 16.5. The molecule has 4 rings (SSSR count). The lowest BCUT2D eigenvalue weighted by atomic mass is 9.86. The zero-order valence-corrected chi connectivity index (χ0v) is 18.2. The molecule has 0 unspecified atom stereocenters. The predicted octanol–water partition coefficient (Wildman–Crippen LogP) is 5.36. The number of benzene rings is 1. The summed E-state index contributed by atoms with van der Waals surface area (Å²) in [5, 5.41) is 0. The van der Waals surface area contributed by atoms with E-state index in [0.29, 0.717) is 18.4 Å². The molecule has 1 amide bonds. The summed E-state index contributed by atoms with van der Waals surface area (Å²) in [7, 11) is 0. The van der Waals surface area contributed by atoms with Gasteiger partial charge in [0.05, 0.1) is 6.61 Å². The maximum Gasteiger partial charge on any atom is 0.225 e. The molecular formula is C26H34N2O2. The van der Waals surface area contributed by atoms with Gasteiger partial charge in [0.2, 0.25) is 5.91 Å². The minimum absolute atomic E-state index is 0.262. The second-order valence-corrected chi connectivity index (χ2v) is 8.77. The molecule has 4 heteroatoms. The van der Waals surface area contributed by atoms with E-state index in [1.54, 1.807) is 0 Å². The van der Waals surface area contributed by atoms with Crippen molar-refractivity contribution >= 4 is 5.91 Å². The van der Waals surface area contributed by atoms with E-state index in [0.717, 1.165) is 56.6 Å². The molecule has 30 heavy (non-hydrogen) atoms. The molecule has 4 nitrogen and oxygen atoms in total. The number of amides is 1. The number of rotatable bonds is 6. The van der Waals surface area contributed by atoms with Crippen LogP contribution in [0.1, 0.15) is 74.6 Å². The lowest BCUT2D eigenvalue weighted by Gasteiger charge is -2.35. The van der Waals surface area contributed by atoms with Crippen molar-refractivity contribution in [2.75, 3.05) is 19.7 Å². The second kappa shape index (κ2) is 10.1. The molecule has 0 spiro atoms. The zero-order valence-electron chi connectivity index (χ0n) is 18.2. The van der Waals surface area contributed by atoms with Gasteiger partial charge in [0.15, 0.2) is 0 Å². The Morgan fingerprint density at radius 1 is 1.07 bits per heavy atom. The van der Waals surface area contributed by atoms with E-state index in [9.17, 15) is 4.79 Å². The van der Waals surface area contributed by atoms with Crippen molar-refractivity contribution in [3.05, 3.63) is 59.4 Å². The Kier molecular flexibility index (Phi) is 7.03. The molecule has 0 radical (unpaired) electrons. The summed E-state index contributed by atoms with van der Waals surface area (Å²) in [6, 6.07) is 12.6. The summed E-state index contributed by atoms with van der Waals surface area (Å²) in [5.74, 6) is 1.96. The average molecular weight is 407 g/mol. The molecule has 1 aromatic carbocycles. The van der Waals surface area contributed by atoms with Gasteiger partial charge in [-0.25, -0.2) is 0 Å². The molecule has 1 atom stereocenters. The van der Waals surface area contributed by atoms with Crippen molar-refractivity contribution in [1.29, 1.82) is 0 Å². The van der Waals surface area contributed by atoms with E-state index in [2.05, 4.69) is 29.2 Å². The first kappa shape index (κ1) is 20.9. The van der Waals surface area contributed by atoms with Crippen LogP contribution in [0.25, 0.3) is 0 Å². The first-order valence-electron chi connectivity index (χ1n) is 11.7. The number of aromatic nitrogens is 1. The van der Waals surface area contributed by atoms with Crippen LogP contribution in [0.2, 0.25) is 0 Å². The molecule has 2 aromatic rings. The topological polar surface area (TPSA) is 42.4 Å². The van der Waals surface area contributed by atoms with Crippen molar-refractivity contribution in [2.45, 2.75) is 64.2 Å². The van der Waals surface area contributed by atoms with Crippen LogP contribution in [-0.2, 0) is 11.2 Å². The molecule has 160 valence electrons. The highest BCUT2D eigenvalue weighted by Crippen LogP contribution is 2.30. The number of piperidine rings is 1. The third-order valence-corrected chi connectivity index (χ3v) is 6.62. The quantitative estimate of drug-likeness (QED) is 0.649. The number of hydrogen-bond acceptors (Lipinski definition) is 3. The first-order chi connectivity index (χ1) is 14.7. The molecule has 0 bridgehead atoms. The average Bonchev–Trinajstić information content (AvgIpc) is 2.81. The number of ether oxygens (including phenoxy) is 1. The number of nitrogens with zero attached hydrogens (tertiary/aromatic N) is 2. The maximum absolute atomic E-state index is 13.0. The normalized spacial score (nSPS) is 20.2. The van der Waals surface area contributed by atoms with Crippen LogP contribution in [0.5, 0.6) is 5.75 Å². The van der Waals surface area contributed by atoms with Gasteiger partial charge in [-0.15, -0.1) is 0 Å². The highest BCUT2D eigenvalue weighted by molar-refractivity contribution is 5.79. The van der Waals surface area contributed by atoms with Gasteiger partial charge in [-0.1, -0.05) is 43.5 Å². The second-order valence-electron chi connectivity index (χ2n) is 8.77. The van der Waals surface area contributed by atoms with Gasteiger partial charge in [0.1, 0.15) is 5.75 Å². The van der Waals surface area contributed by atoms with Crippen LogP contribution >= 0.6 is 0 Å². The Labute approximate surface area is 180 Å². The van der Waals surface area contributed by atoms with E-state index in [4.69, 9.17) is 9.72 Å². The van der Waals surface area contributed by atoms with Crippen molar-refractivity contribution in [3.63, 3.8) is 0 Å². The largest absolute Gasteiger partial charge is 0.494 e. The van der Waals surface area contributed by atoms with Crippen LogP contribution in [0, 0.1) is 5.92 Å². The van der Waals surface area contributed by atoms with E-state index in [1.165, 1.54) is 30.4 Å². The van der Waals surface area contributed by atoms with Crippen LogP contribution in [0.15, 0.2) is 42.6 Å². The lowest BCUT2D eigenvalue weighted by Crippen LogP contribution is -2.43. The number of pyridine rings is 1. The van der Waals surface area contributed by atoms with Gasteiger partial charge in [0.25, 0.3) is 0 Å². The van der Waals surface area contributed by atoms with E-state index in [-0.39, 0.29) is 5.92 Å². The van der Waals surface area contributed by atoms with Crippen molar-refractivity contribution in [3.8, 4) is 5.75 Å². The molecule has 1 aliphatic heterocycles. The van der Waals surface area contributed by atoms with Gasteiger partial charge in [0, 0.05) is 43.2 Å². The van der Waals surface area contributed by atoms with E-state index >= 15 is 0 Å². The van der Waals surface area contributed by atoms with E-state index in [1.807, 2.05) is 25.3 Å². The Hall–Kier alpha value is -2.36. The Bertz CT molecular complexity index is 827. The molecule has 2 fully saturated rings. The zero-order chi connectivity index (χ0) is 20.8. The SMILES string of the molecule is CCOc1ccccc1Cc1ccc([C@H]2CCCN(C(=O)C3CCCCC3)C2)nc1. The fourth-order valence-electron chi connectivity index (χ4n) is 4.97. The Morgan fingerprint density at radius 2 is 1.90 bits per heavy atom. The Morgan fingerprint density at radius 3 is 2.67 bits per heavy atom. The lowest BCUT2D eigenvalue weighted by molar-refractivity contribution is -0.137. The Balaban J connectivity index is 1.39. The van der Waals surface area contributed by atoms with Gasteiger partial charge in [-0.2, -0.15) is 0 Å². The number of likely N-dealkylation sites (tertiary alicyclic amines) is 1. The molecule has 1 saturated carbocycles. The first-order valence-corrected chi connectivity index (χ1v) is 11.7. The van der Waals surface area contributed by atoms with Crippen molar-refractivity contribution < 1.29 is 9.53 Å². The number of carbonyl (C=O) groups is 1. The van der Waals surface area contributed by atoms with Gasteiger partial charge in [-0.3, -0.25) is 9.78 Å². The number of para-hydroxylation sites is 1. The maximum atomic E-state index is 13.0. The summed E-state index contributed by atoms with van der Waals surface area (Å²) < 4.78 is 5.75. The van der Waals surface area contributed by atoms with Crippen LogP contribution in [-0.4, -0.2) is 35.5 Å². The highest BCUT2D eigenvalue weighted by Gasteiger charge is 2.30. The standard InChI is InChI=1S/C26H34N2O2/c1-2-30-25-13-7-6-11-22(25)17-20-14-15-24(27-18-20)23-12-8-16-28(19-23)26(29)21-9-4-3-5-10-21/h6-7,11,13-15,18,21,23H,2-5,8-10,12,16-17,19H2,1H3/t23-/m0/s1. The van der Waals surface area contributed by atoms with Crippen molar-refractivity contribution in [2.24, 2.45) is 5.92 Å². The molecule has 2 heterocycles. The molecule has 0 N–H and O–H groups in total. The summed E-state index contributed by atoms with van der Waals surface area (Å²) in [6.07, 6.45) is 10.9. The summed E-state index contributed by atoms with van der Waals surface area (Å²) in [4.78, 5) is 19.9. The molecule has 1 saturated heterocycles. The fourth-order valence-corrected chi connectivity index (χ4v) is 4.97. The molecule has 1 aliphatic carbocycles. The summed E-state index contributed by atoms with van der Waals surface area (Å²) in [5.41, 5.74) is 3.51. The van der Waals surface area contributed by atoms with Gasteiger partial charge >= 0.3 is 0 Å². The van der Waals surface area contributed by atoms with Crippen LogP contribution in [0.3, 0.4) is 0 Å². The minimum atomic E-state index is 0.262. The third kappa shape index (κ3) is 5.03. The van der Waals surface area contributed by atoms with E-state index < -0.39 is 0 Å². The molecular weight excluding hydrogens is 372 g/mol. The van der Waals surface area contributed by atoms with Gasteiger partial charge in [-0.05, 0) is 55.9 Å². The number of carbonyl (C=O) groups excluding carboxylic acids is 1. The van der Waals surface area contributed by atoms with Crippen LogP contribution in [0.4, 0.5) is 0 Å². The third-order valence-electron chi connectivity index (χ3n) is 6.62. The summed E-state index contributed by atoms with van der Waals surface area (Å²) in [6.45, 7) is 4.43. The predicted molar refractivity (Wildman–Crippen MR) is 120 cm³/mol. The molecule has 1 aromatic heterocycles. The monoisotopic (exact) mass is 406 g/mol. The van der Waals surface area contributed by atoms with Crippen LogP contribution < -0.4 is 4.74 Å². The van der Waals surface area contributed by atoms with Crippen molar-refractivity contribution in [1.82, 2.24) is 9.88 Å². The minimum Gasteiger partial charge on any atom is -0.494 e. The fraction of sp³-hybridized carbons (Fsp3) is 0.538. The van der Waals surface area contributed by atoms with Gasteiger partial charge < -0.3 is 9.64 Å².